The van der Waals surface area contributed by atoms with Crippen molar-refractivity contribution in [1.82, 2.24) is 10.2 Å². The van der Waals surface area contributed by atoms with Gasteiger partial charge in [-0.3, -0.25) is 9.59 Å². The van der Waals surface area contributed by atoms with Gasteiger partial charge in [-0.15, -0.1) is 0 Å². The fourth-order valence-electron chi connectivity index (χ4n) is 3.22. The van der Waals surface area contributed by atoms with Crippen molar-refractivity contribution in [2.45, 2.75) is 45.6 Å². The van der Waals surface area contributed by atoms with E-state index in [4.69, 9.17) is 5.11 Å². The summed E-state index contributed by atoms with van der Waals surface area (Å²) in [4.78, 5) is 26.4. The van der Waals surface area contributed by atoms with Crippen molar-refractivity contribution in [2.75, 3.05) is 19.7 Å². The highest BCUT2D eigenvalue weighted by atomic mass is 16.3. The van der Waals surface area contributed by atoms with Gasteiger partial charge >= 0.3 is 0 Å². The molecule has 0 aromatic heterocycles. The molecule has 0 saturated heterocycles. The lowest BCUT2D eigenvalue weighted by molar-refractivity contribution is 0.0772. The largest absolute Gasteiger partial charge is 0.396 e. The summed E-state index contributed by atoms with van der Waals surface area (Å²) in [6, 6.07) is 7.05. The van der Waals surface area contributed by atoms with Crippen LogP contribution < -0.4 is 5.32 Å². The number of carbonyl (C=O) groups excluding carboxylic acids is 2. The zero-order valence-corrected chi connectivity index (χ0v) is 14.6. The van der Waals surface area contributed by atoms with E-state index in [0.29, 0.717) is 30.1 Å². The third kappa shape index (κ3) is 4.57. The molecule has 1 aromatic rings. The zero-order chi connectivity index (χ0) is 17.5. The van der Waals surface area contributed by atoms with E-state index in [1.165, 1.54) is 0 Å². The number of carbonyl (C=O) groups is 2. The Bertz CT molecular complexity index is 544. The third-order valence-corrected chi connectivity index (χ3v) is 4.88. The first kappa shape index (κ1) is 18.5. The molecular weight excluding hydrogens is 304 g/mol. The number of nitrogens with zero attached hydrogens (tertiary/aromatic N) is 1. The smallest absolute Gasteiger partial charge is 0.253 e. The summed E-state index contributed by atoms with van der Waals surface area (Å²) in [6.07, 6.45) is 3.74. The SMILES string of the molecule is CCN(CC)C(=O)c1ccc(C(=O)NC2CCC(CO)CC2)cc1. The van der Waals surface area contributed by atoms with E-state index >= 15 is 0 Å². The summed E-state index contributed by atoms with van der Waals surface area (Å²) in [5.74, 6) is 0.280. The van der Waals surface area contributed by atoms with E-state index in [-0.39, 0.29) is 24.5 Å². The molecule has 1 aliphatic carbocycles. The van der Waals surface area contributed by atoms with Gasteiger partial charge in [0.15, 0.2) is 0 Å². The van der Waals surface area contributed by atoms with Gasteiger partial charge in [0.25, 0.3) is 11.8 Å². The lowest BCUT2D eigenvalue weighted by Gasteiger charge is -2.28. The van der Waals surface area contributed by atoms with Crippen molar-refractivity contribution >= 4 is 11.8 Å². The van der Waals surface area contributed by atoms with Gasteiger partial charge in [-0.2, -0.15) is 0 Å². The minimum atomic E-state index is -0.0933. The normalized spacial score (nSPS) is 20.5. The van der Waals surface area contributed by atoms with Crippen molar-refractivity contribution in [3.63, 3.8) is 0 Å². The molecule has 132 valence electrons. The van der Waals surface area contributed by atoms with Gasteiger partial charge in [-0.25, -0.2) is 0 Å². The van der Waals surface area contributed by atoms with Gasteiger partial charge in [0.1, 0.15) is 0 Å². The van der Waals surface area contributed by atoms with E-state index in [1.54, 1.807) is 29.2 Å². The molecule has 1 saturated carbocycles. The average molecular weight is 332 g/mol. The van der Waals surface area contributed by atoms with Gasteiger partial charge in [-0.1, -0.05) is 0 Å². The van der Waals surface area contributed by atoms with Crippen LogP contribution in [0.3, 0.4) is 0 Å². The molecule has 2 N–H and O–H groups in total. The predicted octanol–water partition coefficient (Wildman–Crippen LogP) is 2.45. The standard InChI is InChI=1S/C19H28N2O3/c1-3-21(4-2)19(24)16-9-7-15(8-10-16)18(23)20-17-11-5-14(13-22)6-12-17/h7-10,14,17,22H,3-6,11-13H2,1-2H3,(H,20,23). The predicted molar refractivity (Wildman–Crippen MR) is 94.0 cm³/mol. The van der Waals surface area contributed by atoms with Gasteiger partial charge in [-0.05, 0) is 69.7 Å². The molecule has 0 bridgehead atoms. The molecule has 0 atom stereocenters. The van der Waals surface area contributed by atoms with Crippen molar-refractivity contribution in [1.29, 1.82) is 0 Å². The van der Waals surface area contributed by atoms with Gasteiger partial charge in [0.05, 0.1) is 0 Å². The highest BCUT2D eigenvalue weighted by Gasteiger charge is 2.22. The molecule has 0 heterocycles. The number of hydrogen-bond donors (Lipinski definition) is 2. The summed E-state index contributed by atoms with van der Waals surface area (Å²) >= 11 is 0. The second-order valence-electron chi connectivity index (χ2n) is 6.43. The summed E-state index contributed by atoms with van der Waals surface area (Å²) in [6.45, 7) is 5.49. The number of nitrogens with one attached hydrogen (secondary N) is 1. The van der Waals surface area contributed by atoms with E-state index in [2.05, 4.69) is 5.32 Å². The van der Waals surface area contributed by atoms with Crippen molar-refractivity contribution in [3.8, 4) is 0 Å². The van der Waals surface area contributed by atoms with Gasteiger partial charge in [0.2, 0.25) is 0 Å². The van der Waals surface area contributed by atoms with Crippen LogP contribution in [0, 0.1) is 5.92 Å². The van der Waals surface area contributed by atoms with Crippen LogP contribution in [0.25, 0.3) is 0 Å². The van der Waals surface area contributed by atoms with Crippen LogP contribution in [0.15, 0.2) is 24.3 Å². The first-order chi connectivity index (χ1) is 11.6. The molecule has 1 fully saturated rings. The Morgan fingerprint density at radius 3 is 2.08 bits per heavy atom. The molecule has 5 heteroatoms. The summed E-state index contributed by atoms with van der Waals surface area (Å²) in [5.41, 5.74) is 1.19. The first-order valence-electron chi connectivity index (χ1n) is 8.90. The quantitative estimate of drug-likeness (QED) is 0.841. The lowest BCUT2D eigenvalue weighted by atomic mass is 9.86. The Morgan fingerprint density at radius 1 is 1.04 bits per heavy atom. The second kappa shape index (κ2) is 8.83. The number of rotatable bonds is 6. The minimum Gasteiger partial charge on any atom is -0.396 e. The summed E-state index contributed by atoms with van der Waals surface area (Å²) in [7, 11) is 0. The summed E-state index contributed by atoms with van der Waals surface area (Å²) in [5, 5.41) is 12.2. The fraction of sp³-hybridized carbons (Fsp3) is 0.579. The van der Waals surface area contributed by atoms with Crippen LogP contribution in [0.4, 0.5) is 0 Å². The highest BCUT2D eigenvalue weighted by Crippen LogP contribution is 2.24. The maximum atomic E-state index is 12.3. The fourth-order valence-corrected chi connectivity index (χ4v) is 3.22. The van der Waals surface area contributed by atoms with Crippen LogP contribution in [0.1, 0.15) is 60.2 Å². The van der Waals surface area contributed by atoms with E-state index in [9.17, 15) is 9.59 Å². The number of benzene rings is 1. The molecule has 1 aromatic carbocycles. The molecule has 0 aliphatic heterocycles. The van der Waals surface area contributed by atoms with Crippen LogP contribution in [0.2, 0.25) is 0 Å². The molecule has 2 amide bonds. The van der Waals surface area contributed by atoms with E-state index in [1.807, 2.05) is 13.8 Å². The van der Waals surface area contributed by atoms with Crippen LogP contribution in [0.5, 0.6) is 0 Å². The third-order valence-electron chi connectivity index (χ3n) is 4.88. The average Bonchev–Trinajstić information content (AvgIpc) is 2.63. The Morgan fingerprint density at radius 2 is 1.58 bits per heavy atom. The number of hydrogen-bond acceptors (Lipinski definition) is 3. The minimum absolute atomic E-state index is 0.00529. The number of aliphatic hydroxyl groups is 1. The van der Waals surface area contributed by atoms with Crippen LogP contribution >= 0.6 is 0 Å². The van der Waals surface area contributed by atoms with Crippen LogP contribution in [-0.4, -0.2) is 47.6 Å². The molecule has 2 rings (SSSR count). The Labute approximate surface area is 144 Å². The molecular formula is C19H28N2O3. The topological polar surface area (TPSA) is 69.6 Å². The molecule has 1 aliphatic rings. The van der Waals surface area contributed by atoms with Gasteiger partial charge < -0.3 is 15.3 Å². The Hall–Kier alpha value is -1.88. The molecule has 5 nitrogen and oxygen atoms in total. The number of amides is 2. The molecule has 0 spiro atoms. The lowest BCUT2D eigenvalue weighted by Crippen LogP contribution is -2.38. The first-order valence-corrected chi connectivity index (χ1v) is 8.90. The highest BCUT2D eigenvalue weighted by molar-refractivity contribution is 5.97. The van der Waals surface area contributed by atoms with Crippen molar-refractivity contribution < 1.29 is 14.7 Å². The Kier molecular flexibility index (Phi) is 6.79. The van der Waals surface area contributed by atoms with Gasteiger partial charge in [0, 0.05) is 36.9 Å². The second-order valence-corrected chi connectivity index (χ2v) is 6.43. The molecule has 0 radical (unpaired) electrons. The van der Waals surface area contributed by atoms with E-state index < -0.39 is 0 Å². The van der Waals surface area contributed by atoms with E-state index in [0.717, 1.165) is 25.7 Å². The number of aliphatic hydroxyl groups excluding tert-OH is 1. The molecule has 24 heavy (non-hydrogen) atoms. The van der Waals surface area contributed by atoms with Crippen molar-refractivity contribution in [2.24, 2.45) is 5.92 Å². The monoisotopic (exact) mass is 332 g/mol. The maximum Gasteiger partial charge on any atom is 0.253 e. The zero-order valence-electron chi connectivity index (χ0n) is 14.6. The summed E-state index contributed by atoms with van der Waals surface area (Å²) < 4.78 is 0. The van der Waals surface area contributed by atoms with Crippen LogP contribution in [-0.2, 0) is 0 Å². The molecule has 0 unspecified atom stereocenters. The van der Waals surface area contributed by atoms with Crippen molar-refractivity contribution in [3.05, 3.63) is 35.4 Å². The Balaban J connectivity index is 1.93. The maximum absolute atomic E-state index is 12.3.